The molecule has 1 fully saturated rings. The van der Waals surface area contributed by atoms with Crippen LogP contribution in [-0.4, -0.2) is 38.1 Å². The molecule has 0 aliphatic carbocycles. The van der Waals surface area contributed by atoms with Crippen LogP contribution in [0.5, 0.6) is 5.75 Å². The first kappa shape index (κ1) is 21.1. The number of nitrogens with one attached hydrogen (secondary N) is 1. The van der Waals surface area contributed by atoms with Gasteiger partial charge < -0.3 is 10.1 Å². The summed E-state index contributed by atoms with van der Waals surface area (Å²) in [6, 6.07) is 7.44. The van der Waals surface area contributed by atoms with E-state index in [1.807, 2.05) is 0 Å². The monoisotopic (exact) mass is 432 g/mol. The van der Waals surface area contributed by atoms with Crippen molar-refractivity contribution < 1.29 is 35.5 Å². The Hall–Kier alpha value is -2.66. The summed E-state index contributed by atoms with van der Waals surface area (Å²) in [7, 11) is -4.09. The van der Waals surface area contributed by atoms with Crippen molar-refractivity contribution in [1.82, 2.24) is 4.31 Å². The van der Waals surface area contributed by atoms with Crippen molar-refractivity contribution >= 4 is 21.6 Å². The summed E-state index contributed by atoms with van der Waals surface area (Å²) in [5.74, 6) is -2.34. The quantitative estimate of drug-likeness (QED) is 0.730. The maximum atomic E-state index is 14.2. The molecule has 0 aromatic heterocycles. The van der Waals surface area contributed by atoms with Gasteiger partial charge in [0.25, 0.3) is 5.91 Å². The van der Waals surface area contributed by atoms with Gasteiger partial charge in [0, 0.05) is 30.4 Å². The summed E-state index contributed by atoms with van der Waals surface area (Å²) in [5, 5.41) is 2.33. The minimum absolute atomic E-state index is 0.00924. The molecule has 1 heterocycles. The van der Waals surface area contributed by atoms with Crippen molar-refractivity contribution in [3.63, 3.8) is 0 Å². The summed E-state index contributed by atoms with van der Waals surface area (Å²) in [4.78, 5) is 11.8. The van der Waals surface area contributed by atoms with Crippen LogP contribution in [0.4, 0.5) is 23.2 Å². The van der Waals surface area contributed by atoms with Gasteiger partial charge in [0.15, 0.2) is 0 Å². The van der Waals surface area contributed by atoms with Gasteiger partial charge in [-0.25, -0.2) is 12.8 Å². The average molecular weight is 432 g/mol. The van der Waals surface area contributed by atoms with Crippen molar-refractivity contribution in [1.29, 1.82) is 0 Å². The number of amides is 1. The zero-order valence-corrected chi connectivity index (χ0v) is 15.7. The number of sulfonamides is 1. The van der Waals surface area contributed by atoms with E-state index in [9.17, 15) is 30.8 Å². The van der Waals surface area contributed by atoms with Crippen LogP contribution in [0.3, 0.4) is 0 Å². The summed E-state index contributed by atoms with van der Waals surface area (Å²) >= 11 is 0. The Balaban J connectivity index is 1.83. The molecule has 156 valence electrons. The Morgan fingerprint density at radius 2 is 1.76 bits per heavy atom. The molecule has 1 aliphatic rings. The third kappa shape index (κ3) is 5.04. The Bertz CT molecular complexity index is 1020. The topological polar surface area (TPSA) is 75.7 Å². The minimum atomic E-state index is -4.89. The molecule has 1 amide bonds. The molecule has 3 rings (SSSR count). The second kappa shape index (κ2) is 7.99. The highest BCUT2D eigenvalue weighted by atomic mass is 32.2. The van der Waals surface area contributed by atoms with Gasteiger partial charge in [-0.15, -0.1) is 13.2 Å². The first-order valence-corrected chi connectivity index (χ1v) is 9.97. The number of carbonyl (C=O) groups is 1. The largest absolute Gasteiger partial charge is 0.573 e. The summed E-state index contributed by atoms with van der Waals surface area (Å²) in [6.07, 6.45) is -3.56. The standard InChI is InChI=1S/C18H16F4N2O4S/c19-15-7-6-12(10-16(15)29(26,27)24-8-1-2-9-24)17(25)23-13-4-3-5-14(11-13)28-18(20,21)22/h3-7,10-11H,1-2,8-9H2,(H,23,25). The minimum Gasteiger partial charge on any atom is -0.406 e. The second-order valence-electron chi connectivity index (χ2n) is 6.29. The molecule has 0 atom stereocenters. The number of halogens is 4. The Morgan fingerprint density at radius 1 is 1.07 bits per heavy atom. The van der Waals surface area contributed by atoms with Gasteiger partial charge in [-0.3, -0.25) is 4.79 Å². The Labute approximate surface area is 164 Å². The molecule has 1 saturated heterocycles. The molecule has 0 bridgehead atoms. The smallest absolute Gasteiger partial charge is 0.406 e. The lowest BCUT2D eigenvalue weighted by atomic mass is 10.2. The SMILES string of the molecule is O=C(Nc1cccc(OC(F)(F)F)c1)c1ccc(F)c(S(=O)(=O)N2CCCC2)c1. The van der Waals surface area contributed by atoms with Gasteiger partial charge in [0.05, 0.1) is 0 Å². The van der Waals surface area contributed by atoms with E-state index in [0.29, 0.717) is 12.8 Å². The third-order valence-corrected chi connectivity index (χ3v) is 6.12. The van der Waals surface area contributed by atoms with Crippen LogP contribution < -0.4 is 10.1 Å². The predicted octanol–water partition coefficient (Wildman–Crippen LogP) is 3.76. The maximum Gasteiger partial charge on any atom is 0.573 e. The molecule has 0 spiro atoms. The molecule has 6 nitrogen and oxygen atoms in total. The van der Waals surface area contributed by atoms with Gasteiger partial charge in [-0.05, 0) is 43.2 Å². The lowest BCUT2D eigenvalue weighted by Gasteiger charge is -2.16. The lowest BCUT2D eigenvalue weighted by Crippen LogP contribution is -2.29. The molecule has 29 heavy (non-hydrogen) atoms. The number of rotatable bonds is 5. The van der Waals surface area contributed by atoms with Crippen LogP contribution in [0.2, 0.25) is 0 Å². The third-order valence-electron chi connectivity index (χ3n) is 4.20. The number of benzene rings is 2. The summed E-state index contributed by atoms with van der Waals surface area (Å²) in [5.41, 5.74) is -0.170. The van der Waals surface area contributed by atoms with Crippen molar-refractivity contribution in [2.75, 3.05) is 18.4 Å². The van der Waals surface area contributed by atoms with E-state index in [1.165, 1.54) is 12.1 Å². The number of anilines is 1. The molecule has 0 radical (unpaired) electrons. The number of hydrogen-bond acceptors (Lipinski definition) is 4. The van der Waals surface area contributed by atoms with E-state index >= 15 is 0 Å². The molecule has 2 aromatic carbocycles. The number of ether oxygens (including phenoxy) is 1. The fourth-order valence-corrected chi connectivity index (χ4v) is 4.49. The van der Waals surface area contributed by atoms with E-state index < -0.39 is 38.8 Å². The zero-order chi connectivity index (χ0) is 21.2. The Kier molecular flexibility index (Phi) is 5.80. The van der Waals surface area contributed by atoms with E-state index in [4.69, 9.17) is 0 Å². The van der Waals surface area contributed by atoms with Crippen LogP contribution in [-0.2, 0) is 10.0 Å². The molecular formula is C18H16F4N2O4S. The summed E-state index contributed by atoms with van der Waals surface area (Å²) in [6.45, 7) is 0.536. The molecule has 0 saturated carbocycles. The first-order chi connectivity index (χ1) is 13.6. The molecule has 11 heteroatoms. The van der Waals surface area contributed by atoms with Crippen molar-refractivity contribution in [3.8, 4) is 5.75 Å². The second-order valence-corrected chi connectivity index (χ2v) is 8.19. The van der Waals surface area contributed by atoms with E-state index in [1.54, 1.807) is 0 Å². The lowest BCUT2D eigenvalue weighted by molar-refractivity contribution is -0.274. The highest BCUT2D eigenvalue weighted by Gasteiger charge is 2.32. The van der Waals surface area contributed by atoms with Crippen molar-refractivity contribution in [2.24, 2.45) is 0 Å². The molecule has 2 aromatic rings. The van der Waals surface area contributed by atoms with Gasteiger partial charge >= 0.3 is 6.36 Å². The zero-order valence-electron chi connectivity index (χ0n) is 14.9. The number of hydrogen-bond donors (Lipinski definition) is 1. The normalized spacial score (nSPS) is 15.3. The van der Waals surface area contributed by atoms with E-state index in [2.05, 4.69) is 10.1 Å². The number of alkyl halides is 3. The highest BCUT2D eigenvalue weighted by Crippen LogP contribution is 2.27. The van der Waals surface area contributed by atoms with Crippen LogP contribution in [0, 0.1) is 5.82 Å². The molecule has 1 N–H and O–H groups in total. The maximum absolute atomic E-state index is 14.2. The average Bonchev–Trinajstić information content (AvgIpc) is 3.16. The van der Waals surface area contributed by atoms with Crippen LogP contribution in [0.25, 0.3) is 0 Å². The van der Waals surface area contributed by atoms with E-state index in [-0.39, 0.29) is 24.3 Å². The van der Waals surface area contributed by atoms with Crippen molar-refractivity contribution in [3.05, 3.63) is 53.8 Å². The fraction of sp³-hybridized carbons (Fsp3) is 0.278. The fourth-order valence-electron chi connectivity index (χ4n) is 2.88. The summed E-state index contributed by atoms with van der Waals surface area (Å²) < 4.78 is 81.2. The highest BCUT2D eigenvalue weighted by molar-refractivity contribution is 7.89. The van der Waals surface area contributed by atoms with Gasteiger partial charge in [-0.1, -0.05) is 6.07 Å². The first-order valence-electron chi connectivity index (χ1n) is 8.53. The predicted molar refractivity (Wildman–Crippen MR) is 95.5 cm³/mol. The molecule has 0 unspecified atom stereocenters. The van der Waals surface area contributed by atoms with Crippen LogP contribution in [0.1, 0.15) is 23.2 Å². The number of carbonyl (C=O) groups excluding carboxylic acids is 1. The van der Waals surface area contributed by atoms with Crippen LogP contribution in [0.15, 0.2) is 47.4 Å². The number of nitrogens with zero attached hydrogens (tertiary/aromatic N) is 1. The van der Waals surface area contributed by atoms with Gasteiger partial charge in [0.1, 0.15) is 16.5 Å². The van der Waals surface area contributed by atoms with Gasteiger partial charge in [0.2, 0.25) is 10.0 Å². The van der Waals surface area contributed by atoms with Crippen molar-refractivity contribution in [2.45, 2.75) is 24.1 Å². The van der Waals surface area contributed by atoms with Crippen LogP contribution >= 0.6 is 0 Å². The Morgan fingerprint density at radius 3 is 2.41 bits per heavy atom. The molecule has 1 aliphatic heterocycles. The van der Waals surface area contributed by atoms with Gasteiger partial charge in [-0.2, -0.15) is 4.31 Å². The van der Waals surface area contributed by atoms with E-state index in [0.717, 1.165) is 34.6 Å². The molecular weight excluding hydrogens is 416 g/mol.